The quantitative estimate of drug-likeness (QED) is 0.525. The van der Waals surface area contributed by atoms with Gasteiger partial charge in [-0.2, -0.15) is 18.2 Å². The van der Waals surface area contributed by atoms with Crippen LogP contribution in [0.15, 0.2) is 35.3 Å². The van der Waals surface area contributed by atoms with Crippen LogP contribution in [0.3, 0.4) is 0 Å². The van der Waals surface area contributed by atoms with E-state index >= 15 is 0 Å². The number of rotatable bonds is 5. The Kier molecular flexibility index (Phi) is 5.67. The highest BCUT2D eigenvalue weighted by Gasteiger charge is 2.41. The maximum absolute atomic E-state index is 13.0. The summed E-state index contributed by atoms with van der Waals surface area (Å²) in [6.45, 7) is 5.56. The Morgan fingerprint density at radius 1 is 1.11 bits per heavy atom. The largest absolute Gasteiger partial charge is 0.416 e. The minimum atomic E-state index is -4.50. The molecule has 1 aliphatic rings. The van der Waals surface area contributed by atoms with Gasteiger partial charge < -0.3 is 5.32 Å². The topological polar surface area (TPSA) is 24.4 Å². The van der Waals surface area contributed by atoms with E-state index in [2.05, 4.69) is 5.32 Å². The number of alkyl halides is 3. The van der Waals surface area contributed by atoms with Crippen molar-refractivity contribution in [2.75, 3.05) is 25.5 Å². The minimum Gasteiger partial charge on any atom is -0.380 e. The zero-order valence-electron chi connectivity index (χ0n) is 15.8. The number of para-hydroxylation sites is 1. The van der Waals surface area contributed by atoms with Gasteiger partial charge in [0.1, 0.15) is 5.69 Å². The van der Waals surface area contributed by atoms with E-state index in [1.165, 1.54) is 0 Å². The molecule has 3 nitrogen and oxygen atoms in total. The lowest BCUT2D eigenvalue weighted by Crippen LogP contribution is -2.49. The van der Waals surface area contributed by atoms with Gasteiger partial charge in [0.2, 0.25) is 5.84 Å². The molecule has 8 heteroatoms. The molecule has 0 aliphatic carbocycles. The summed E-state index contributed by atoms with van der Waals surface area (Å²) in [5, 5.41) is 3.35. The predicted octanol–water partition coefficient (Wildman–Crippen LogP) is 6.69. The Balaban J connectivity index is 2.03. The second kappa shape index (κ2) is 7.58. The van der Waals surface area contributed by atoms with Crippen LogP contribution in [0.2, 0.25) is 10.0 Å². The van der Waals surface area contributed by atoms with Gasteiger partial charge in [-0.1, -0.05) is 29.3 Å². The third-order valence-electron chi connectivity index (χ3n) is 5.13. The number of anilines is 1. The van der Waals surface area contributed by atoms with Crippen LogP contribution in [-0.2, 0) is 12.6 Å². The van der Waals surface area contributed by atoms with Crippen LogP contribution in [-0.4, -0.2) is 26.0 Å². The lowest BCUT2D eigenvalue weighted by molar-refractivity contribution is -0.137. The third-order valence-corrected chi connectivity index (χ3v) is 5.80. The summed E-state index contributed by atoms with van der Waals surface area (Å²) < 4.78 is 39.5. The van der Waals surface area contributed by atoms with E-state index in [1.807, 2.05) is 39.1 Å². The zero-order chi connectivity index (χ0) is 20.7. The molecular weight excluding hydrogens is 410 g/mol. The first-order chi connectivity index (χ1) is 13.1. The average Bonchev–Trinajstić information content (AvgIpc) is 2.91. The van der Waals surface area contributed by atoms with Crippen molar-refractivity contribution in [3.8, 4) is 0 Å². The van der Waals surface area contributed by atoms with E-state index in [1.54, 1.807) is 0 Å². The Morgan fingerprint density at radius 2 is 1.75 bits per heavy atom. The third kappa shape index (κ3) is 3.61. The van der Waals surface area contributed by atoms with Crippen LogP contribution in [0, 0.1) is 0 Å². The van der Waals surface area contributed by atoms with Crippen LogP contribution in [0.25, 0.3) is 0 Å². The standard InChI is InChI=1S/C20H21Cl2F3N3/c1-4-26-16-7-6-8-17-19(16)28(3,5-2)18(27-17)11-13-14(21)9-12(10-15(13)22)20(23,24)25/h6-10,26H,4-5,11H2,1-3H3/q+1. The second-order valence-electron chi connectivity index (χ2n) is 6.83. The molecule has 3 rings (SSSR count). The number of aliphatic imine (C=N–C) groups is 1. The minimum absolute atomic E-state index is 0.00644. The summed E-state index contributed by atoms with van der Waals surface area (Å²) >= 11 is 12.4. The van der Waals surface area contributed by atoms with Crippen molar-refractivity contribution in [3.63, 3.8) is 0 Å². The number of hydrogen-bond acceptors (Lipinski definition) is 2. The molecule has 1 unspecified atom stereocenters. The summed E-state index contributed by atoms with van der Waals surface area (Å²) in [5.74, 6) is 0.784. The first-order valence-electron chi connectivity index (χ1n) is 8.98. The van der Waals surface area contributed by atoms with Crippen molar-refractivity contribution in [2.24, 2.45) is 4.99 Å². The van der Waals surface area contributed by atoms with Gasteiger partial charge in [-0.15, -0.1) is 0 Å². The monoisotopic (exact) mass is 430 g/mol. The Hall–Kier alpha value is -1.76. The fraction of sp³-hybridized carbons (Fsp3) is 0.350. The molecule has 1 heterocycles. The second-order valence-corrected chi connectivity index (χ2v) is 7.65. The number of fused-ring (bicyclic) bond motifs is 1. The molecule has 2 aromatic carbocycles. The number of halogens is 5. The van der Waals surface area contributed by atoms with E-state index in [0.29, 0.717) is 10.0 Å². The van der Waals surface area contributed by atoms with Crippen LogP contribution >= 0.6 is 23.2 Å². The molecule has 150 valence electrons. The van der Waals surface area contributed by atoms with Crippen LogP contribution in [0.5, 0.6) is 0 Å². The predicted molar refractivity (Wildman–Crippen MR) is 111 cm³/mol. The molecule has 28 heavy (non-hydrogen) atoms. The molecule has 0 bridgehead atoms. The van der Waals surface area contributed by atoms with Gasteiger partial charge in [-0.3, -0.25) is 0 Å². The number of nitrogens with zero attached hydrogens (tertiary/aromatic N) is 2. The van der Waals surface area contributed by atoms with Crippen molar-refractivity contribution >= 4 is 46.1 Å². The molecule has 0 saturated heterocycles. The summed E-state index contributed by atoms with van der Waals surface area (Å²) in [5.41, 5.74) is 2.47. The average molecular weight is 431 g/mol. The maximum Gasteiger partial charge on any atom is 0.416 e. The van der Waals surface area contributed by atoms with Crippen molar-refractivity contribution in [2.45, 2.75) is 26.4 Å². The van der Waals surface area contributed by atoms with Gasteiger partial charge in [0, 0.05) is 22.2 Å². The first kappa shape index (κ1) is 21.0. The Bertz CT molecular complexity index is 918. The number of nitrogens with one attached hydrogen (secondary N) is 1. The number of likely N-dealkylation sites (N-methyl/N-ethyl adjacent to an activating group) is 1. The molecule has 0 spiro atoms. The van der Waals surface area contributed by atoms with Gasteiger partial charge in [0.05, 0.1) is 31.3 Å². The SMILES string of the molecule is CCNc1cccc2c1[N+](C)(CC)C(Cc1c(Cl)cc(C(F)(F)F)cc1Cl)=N2. The lowest BCUT2D eigenvalue weighted by Gasteiger charge is -2.31. The summed E-state index contributed by atoms with van der Waals surface area (Å²) in [4.78, 5) is 4.78. The molecule has 1 aliphatic heterocycles. The number of benzene rings is 2. The van der Waals surface area contributed by atoms with Crippen molar-refractivity contribution < 1.29 is 13.2 Å². The summed E-state index contributed by atoms with van der Waals surface area (Å²) in [6.07, 6.45) is -4.23. The molecule has 0 aromatic heterocycles. The molecule has 1 atom stereocenters. The highest BCUT2D eigenvalue weighted by atomic mass is 35.5. The fourth-order valence-electron chi connectivity index (χ4n) is 3.50. The molecular formula is C20H21Cl2F3N3+. The smallest absolute Gasteiger partial charge is 0.380 e. The molecule has 0 fully saturated rings. The number of hydrogen-bond donors (Lipinski definition) is 1. The Labute approximate surface area is 172 Å². The van der Waals surface area contributed by atoms with Crippen molar-refractivity contribution in [3.05, 3.63) is 51.5 Å². The number of amidine groups is 1. The lowest BCUT2D eigenvalue weighted by atomic mass is 10.1. The van der Waals surface area contributed by atoms with Crippen LogP contribution in [0.4, 0.5) is 30.2 Å². The van der Waals surface area contributed by atoms with E-state index in [9.17, 15) is 13.2 Å². The fourth-order valence-corrected chi connectivity index (χ4v) is 4.12. The van der Waals surface area contributed by atoms with Gasteiger partial charge in [0.25, 0.3) is 0 Å². The Morgan fingerprint density at radius 3 is 2.29 bits per heavy atom. The highest BCUT2D eigenvalue weighted by molar-refractivity contribution is 6.36. The van der Waals surface area contributed by atoms with E-state index < -0.39 is 11.7 Å². The molecule has 0 saturated carbocycles. The summed E-state index contributed by atoms with van der Waals surface area (Å²) in [7, 11) is 2.04. The zero-order valence-corrected chi connectivity index (χ0v) is 17.3. The molecule has 2 aromatic rings. The molecule has 0 radical (unpaired) electrons. The summed E-state index contributed by atoms with van der Waals surface area (Å²) in [6, 6.07) is 7.72. The van der Waals surface area contributed by atoms with Crippen molar-refractivity contribution in [1.82, 2.24) is 4.48 Å². The van der Waals surface area contributed by atoms with Gasteiger partial charge in [-0.05, 0) is 38.1 Å². The maximum atomic E-state index is 13.0. The van der Waals surface area contributed by atoms with E-state index in [0.717, 1.165) is 48.1 Å². The van der Waals surface area contributed by atoms with E-state index in [-0.39, 0.29) is 16.5 Å². The van der Waals surface area contributed by atoms with Gasteiger partial charge in [-0.25, -0.2) is 4.48 Å². The van der Waals surface area contributed by atoms with Crippen molar-refractivity contribution in [1.29, 1.82) is 0 Å². The van der Waals surface area contributed by atoms with Gasteiger partial charge in [0.15, 0.2) is 5.69 Å². The molecule has 1 N–H and O–H groups in total. The molecule has 0 amide bonds. The normalized spacial score (nSPS) is 18.8. The first-order valence-corrected chi connectivity index (χ1v) is 9.73. The van der Waals surface area contributed by atoms with E-state index in [4.69, 9.17) is 28.2 Å². The number of quaternary nitrogens is 1. The van der Waals surface area contributed by atoms with Crippen LogP contribution in [0.1, 0.15) is 25.0 Å². The van der Waals surface area contributed by atoms with Crippen LogP contribution < -0.4 is 9.80 Å². The van der Waals surface area contributed by atoms with Gasteiger partial charge >= 0.3 is 6.18 Å². The highest BCUT2D eigenvalue weighted by Crippen LogP contribution is 2.46.